The Morgan fingerprint density at radius 2 is 1.65 bits per heavy atom. The number of piperazine rings is 1. The van der Waals surface area contributed by atoms with E-state index in [9.17, 15) is 14.4 Å². The van der Waals surface area contributed by atoms with E-state index in [1.807, 2.05) is 13.8 Å². The molecule has 0 N–H and O–H groups in total. The van der Waals surface area contributed by atoms with E-state index < -0.39 is 11.8 Å². The highest BCUT2D eigenvalue weighted by Gasteiger charge is 2.32. The molecule has 0 atom stereocenters. The maximum Gasteiger partial charge on any atom is 0.312 e. The summed E-state index contributed by atoms with van der Waals surface area (Å²) in [5.41, 5.74) is 0. The van der Waals surface area contributed by atoms with E-state index in [0.717, 1.165) is 12.8 Å². The third-order valence-corrected chi connectivity index (χ3v) is 2.79. The largest absolute Gasteiger partial charge is 0.333 e. The van der Waals surface area contributed by atoms with E-state index >= 15 is 0 Å². The van der Waals surface area contributed by atoms with Crippen molar-refractivity contribution in [2.75, 3.05) is 26.2 Å². The van der Waals surface area contributed by atoms with Crippen molar-refractivity contribution < 1.29 is 14.4 Å². The van der Waals surface area contributed by atoms with Gasteiger partial charge in [0.1, 0.15) is 0 Å². The lowest BCUT2D eigenvalue weighted by Gasteiger charge is -2.33. The Morgan fingerprint density at radius 1 is 1.06 bits per heavy atom. The fourth-order valence-electron chi connectivity index (χ4n) is 1.92. The topological polar surface area (TPSA) is 57.7 Å². The second-order valence-electron chi connectivity index (χ2n) is 4.31. The molecular weight excluding hydrogens is 220 g/mol. The Labute approximate surface area is 102 Å². The van der Waals surface area contributed by atoms with Crippen molar-refractivity contribution in [3.8, 4) is 0 Å². The molecule has 2 amide bonds. The summed E-state index contributed by atoms with van der Waals surface area (Å²) in [5, 5.41) is 0. The molecule has 1 fully saturated rings. The Kier molecular flexibility index (Phi) is 5.12. The van der Waals surface area contributed by atoms with Crippen LogP contribution in [0.1, 0.15) is 33.1 Å². The fourth-order valence-corrected chi connectivity index (χ4v) is 1.92. The summed E-state index contributed by atoms with van der Waals surface area (Å²) in [7, 11) is 0. The van der Waals surface area contributed by atoms with Crippen LogP contribution < -0.4 is 0 Å². The predicted molar refractivity (Wildman–Crippen MR) is 63.4 cm³/mol. The van der Waals surface area contributed by atoms with Crippen molar-refractivity contribution in [1.82, 2.24) is 9.80 Å². The molecule has 1 rings (SSSR count). The summed E-state index contributed by atoms with van der Waals surface area (Å²) in [5.74, 6) is -0.978. The van der Waals surface area contributed by atoms with Crippen LogP contribution >= 0.6 is 0 Å². The first-order chi connectivity index (χ1) is 8.10. The fraction of sp³-hybridized carbons (Fsp3) is 0.750. The van der Waals surface area contributed by atoms with Crippen LogP contribution in [-0.2, 0) is 14.4 Å². The summed E-state index contributed by atoms with van der Waals surface area (Å²) in [4.78, 5) is 37.8. The number of amides is 2. The SMILES string of the molecule is CCCC(=O)CN1CCN(CCC)C(=O)C1=O. The minimum atomic E-state index is -0.533. The molecule has 1 heterocycles. The molecule has 0 spiro atoms. The predicted octanol–water partition coefficient (Wildman–Crippen LogP) is 0.436. The van der Waals surface area contributed by atoms with Gasteiger partial charge in [-0.3, -0.25) is 14.4 Å². The summed E-state index contributed by atoms with van der Waals surface area (Å²) in [6.45, 7) is 5.59. The highest BCUT2D eigenvalue weighted by Crippen LogP contribution is 2.06. The van der Waals surface area contributed by atoms with E-state index in [0.29, 0.717) is 26.1 Å². The molecule has 5 nitrogen and oxygen atoms in total. The van der Waals surface area contributed by atoms with Gasteiger partial charge in [0.15, 0.2) is 5.78 Å². The van der Waals surface area contributed by atoms with Crippen molar-refractivity contribution in [3.63, 3.8) is 0 Å². The number of ketones is 1. The molecule has 17 heavy (non-hydrogen) atoms. The molecule has 0 radical (unpaired) electrons. The van der Waals surface area contributed by atoms with Gasteiger partial charge in [0.2, 0.25) is 0 Å². The van der Waals surface area contributed by atoms with Crippen molar-refractivity contribution in [3.05, 3.63) is 0 Å². The van der Waals surface area contributed by atoms with Crippen molar-refractivity contribution in [2.45, 2.75) is 33.1 Å². The van der Waals surface area contributed by atoms with Gasteiger partial charge >= 0.3 is 11.8 Å². The molecule has 96 valence electrons. The minimum Gasteiger partial charge on any atom is -0.333 e. The molecule has 1 saturated heterocycles. The van der Waals surface area contributed by atoms with Gasteiger partial charge in [-0.05, 0) is 12.8 Å². The van der Waals surface area contributed by atoms with Gasteiger partial charge in [0.25, 0.3) is 0 Å². The summed E-state index contributed by atoms with van der Waals surface area (Å²) in [6, 6.07) is 0. The molecule has 5 heteroatoms. The average molecular weight is 240 g/mol. The van der Waals surface area contributed by atoms with E-state index in [-0.39, 0.29) is 12.3 Å². The molecule has 1 aliphatic heterocycles. The highest BCUT2D eigenvalue weighted by molar-refractivity contribution is 6.35. The van der Waals surface area contributed by atoms with E-state index in [2.05, 4.69) is 0 Å². The molecule has 0 aromatic heterocycles. The molecule has 1 aliphatic rings. The number of Topliss-reactive ketones (excluding diaryl/α,β-unsaturated/α-hetero) is 1. The van der Waals surface area contributed by atoms with Crippen molar-refractivity contribution in [1.29, 1.82) is 0 Å². The van der Waals surface area contributed by atoms with Gasteiger partial charge in [-0.25, -0.2) is 0 Å². The third kappa shape index (κ3) is 3.54. The third-order valence-electron chi connectivity index (χ3n) is 2.79. The van der Waals surface area contributed by atoms with E-state index in [1.54, 1.807) is 4.90 Å². The lowest BCUT2D eigenvalue weighted by molar-refractivity contribution is -0.156. The Balaban J connectivity index is 2.53. The van der Waals surface area contributed by atoms with E-state index in [4.69, 9.17) is 0 Å². The Hall–Kier alpha value is -1.39. The minimum absolute atomic E-state index is 0.0255. The van der Waals surface area contributed by atoms with Gasteiger partial charge in [0, 0.05) is 26.1 Å². The van der Waals surface area contributed by atoms with Crippen LogP contribution in [-0.4, -0.2) is 53.6 Å². The number of hydrogen-bond donors (Lipinski definition) is 0. The summed E-state index contributed by atoms with van der Waals surface area (Å²) >= 11 is 0. The molecule has 0 aromatic carbocycles. The number of rotatable bonds is 6. The average Bonchev–Trinajstić information content (AvgIpc) is 2.29. The maximum absolute atomic E-state index is 11.7. The van der Waals surface area contributed by atoms with E-state index in [1.165, 1.54) is 4.90 Å². The molecule has 0 aliphatic carbocycles. The Morgan fingerprint density at radius 3 is 2.24 bits per heavy atom. The van der Waals surface area contributed by atoms with Crippen molar-refractivity contribution >= 4 is 17.6 Å². The van der Waals surface area contributed by atoms with Crippen LogP contribution in [0, 0.1) is 0 Å². The molecular formula is C12H20N2O3. The molecule has 0 saturated carbocycles. The van der Waals surface area contributed by atoms with Crippen LogP contribution in [0.25, 0.3) is 0 Å². The normalized spacial score (nSPS) is 16.6. The van der Waals surface area contributed by atoms with Crippen LogP contribution in [0.5, 0.6) is 0 Å². The van der Waals surface area contributed by atoms with Gasteiger partial charge in [-0.1, -0.05) is 13.8 Å². The van der Waals surface area contributed by atoms with Crippen LogP contribution in [0.4, 0.5) is 0 Å². The summed E-state index contributed by atoms with van der Waals surface area (Å²) in [6.07, 6.45) is 2.08. The van der Waals surface area contributed by atoms with Gasteiger partial charge < -0.3 is 9.80 Å². The second kappa shape index (κ2) is 6.37. The zero-order valence-corrected chi connectivity index (χ0v) is 10.6. The van der Waals surface area contributed by atoms with Crippen LogP contribution in [0.3, 0.4) is 0 Å². The van der Waals surface area contributed by atoms with Crippen LogP contribution in [0.2, 0.25) is 0 Å². The smallest absolute Gasteiger partial charge is 0.312 e. The first-order valence-corrected chi connectivity index (χ1v) is 6.20. The highest BCUT2D eigenvalue weighted by atomic mass is 16.2. The quantitative estimate of drug-likeness (QED) is 0.633. The zero-order valence-electron chi connectivity index (χ0n) is 10.6. The monoisotopic (exact) mass is 240 g/mol. The summed E-state index contributed by atoms with van der Waals surface area (Å²) < 4.78 is 0. The molecule has 0 bridgehead atoms. The maximum atomic E-state index is 11.7. The van der Waals surface area contributed by atoms with Crippen LogP contribution in [0.15, 0.2) is 0 Å². The standard InChI is InChI=1S/C12H20N2O3/c1-3-5-10(15)9-14-8-7-13(6-4-2)11(16)12(14)17/h3-9H2,1-2H3. The lowest BCUT2D eigenvalue weighted by atomic mass is 10.2. The van der Waals surface area contributed by atoms with Gasteiger partial charge in [-0.15, -0.1) is 0 Å². The molecule has 0 aromatic rings. The second-order valence-corrected chi connectivity index (χ2v) is 4.31. The number of carbonyl (C=O) groups excluding carboxylic acids is 3. The first kappa shape index (κ1) is 13.7. The number of carbonyl (C=O) groups is 3. The first-order valence-electron chi connectivity index (χ1n) is 6.20. The zero-order chi connectivity index (χ0) is 12.8. The lowest BCUT2D eigenvalue weighted by Crippen LogP contribution is -2.55. The molecule has 0 unspecified atom stereocenters. The Bertz CT molecular complexity index is 315. The van der Waals surface area contributed by atoms with Crippen molar-refractivity contribution in [2.24, 2.45) is 0 Å². The van der Waals surface area contributed by atoms with Gasteiger partial charge in [0.05, 0.1) is 6.54 Å². The number of nitrogens with zero attached hydrogens (tertiary/aromatic N) is 2. The number of hydrogen-bond acceptors (Lipinski definition) is 3. The van der Waals surface area contributed by atoms with Gasteiger partial charge in [-0.2, -0.15) is 0 Å².